The first-order chi connectivity index (χ1) is 12.6. The molecule has 27 heavy (non-hydrogen) atoms. The molecule has 11 heteroatoms. The number of esters is 1. The van der Waals surface area contributed by atoms with E-state index in [1.807, 2.05) is 19.2 Å². The van der Waals surface area contributed by atoms with Crippen molar-refractivity contribution in [3.63, 3.8) is 0 Å². The molecule has 0 saturated carbocycles. The van der Waals surface area contributed by atoms with E-state index < -0.39 is 34.5 Å². The van der Waals surface area contributed by atoms with E-state index in [-0.39, 0.29) is 15.5 Å². The molecule has 3 N–H and O–H groups in total. The minimum Gasteiger partial charge on any atom is -0.452 e. The molecule has 0 spiro atoms. The lowest BCUT2D eigenvalue weighted by Crippen LogP contribution is -2.42. The van der Waals surface area contributed by atoms with Crippen LogP contribution in [0.4, 0.5) is 4.79 Å². The van der Waals surface area contributed by atoms with Gasteiger partial charge in [0.05, 0.1) is 15.5 Å². The molecule has 1 rings (SSSR count). The summed E-state index contributed by atoms with van der Waals surface area (Å²) in [5.74, 6) is -1.43. The van der Waals surface area contributed by atoms with Crippen LogP contribution in [0.2, 0.25) is 5.02 Å². The highest BCUT2D eigenvalue weighted by Crippen LogP contribution is 2.21. The van der Waals surface area contributed by atoms with Crippen molar-refractivity contribution in [1.82, 2.24) is 15.4 Å². The van der Waals surface area contributed by atoms with Crippen molar-refractivity contribution in [3.8, 4) is 0 Å². The van der Waals surface area contributed by atoms with Gasteiger partial charge in [0.25, 0.3) is 5.91 Å². The number of rotatable bonds is 8. The Morgan fingerprint density at radius 3 is 2.48 bits per heavy atom. The highest BCUT2D eigenvalue weighted by atomic mass is 35.5. The summed E-state index contributed by atoms with van der Waals surface area (Å²) in [6, 6.07) is 2.79. The molecule has 0 fully saturated rings. The van der Waals surface area contributed by atoms with Crippen LogP contribution in [0.15, 0.2) is 23.1 Å². The van der Waals surface area contributed by atoms with E-state index in [0.717, 1.165) is 12.5 Å². The fourth-order valence-corrected chi connectivity index (χ4v) is 2.79. The number of urea groups is 1. The molecule has 0 saturated heterocycles. The van der Waals surface area contributed by atoms with Gasteiger partial charge >= 0.3 is 12.0 Å². The SMILES string of the molecule is CNS(=O)(=O)c1ccc(Cl)c(C(=O)OCC(=O)NC(=O)NCCC(C)C)c1. The zero-order valence-electron chi connectivity index (χ0n) is 15.2. The van der Waals surface area contributed by atoms with Crippen molar-refractivity contribution in [1.29, 1.82) is 0 Å². The Bertz CT molecular complexity index is 810. The van der Waals surface area contributed by atoms with Crippen LogP contribution in [0.1, 0.15) is 30.6 Å². The van der Waals surface area contributed by atoms with Gasteiger partial charge in [0.15, 0.2) is 6.61 Å². The van der Waals surface area contributed by atoms with Crippen LogP contribution in [0.5, 0.6) is 0 Å². The second kappa shape index (κ2) is 10.2. The molecule has 0 aliphatic heterocycles. The molecule has 1 aromatic carbocycles. The van der Waals surface area contributed by atoms with E-state index in [0.29, 0.717) is 12.5 Å². The van der Waals surface area contributed by atoms with Gasteiger partial charge in [-0.2, -0.15) is 0 Å². The van der Waals surface area contributed by atoms with Gasteiger partial charge in [-0.1, -0.05) is 25.4 Å². The highest BCUT2D eigenvalue weighted by molar-refractivity contribution is 7.89. The smallest absolute Gasteiger partial charge is 0.340 e. The van der Waals surface area contributed by atoms with Crippen LogP contribution in [0, 0.1) is 5.92 Å². The van der Waals surface area contributed by atoms with Crippen LogP contribution >= 0.6 is 11.6 Å². The first-order valence-electron chi connectivity index (χ1n) is 8.04. The summed E-state index contributed by atoms with van der Waals surface area (Å²) < 4.78 is 30.5. The van der Waals surface area contributed by atoms with Gasteiger partial charge in [0.2, 0.25) is 10.0 Å². The predicted octanol–water partition coefficient (Wildman–Crippen LogP) is 1.28. The summed E-state index contributed by atoms with van der Waals surface area (Å²) in [5.41, 5.74) is -0.220. The van der Waals surface area contributed by atoms with E-state index in [1.165, 1.54) is 19.2 Å². The lowest BCUT2D eigenvalue weighted by atomic mass is 10.1. The third kappa shape index (κ3) is 7.53. The summed E-state index contributed by atoms with van der Waals surface area (Å²) in [4.78, 5) is 35.1. The average molecular weight is 420 g/mol. The second-order valence-electron chi connectivity index (χ2n) is 5.91. The molecule has 0 radical (unpaired) electrons. The van der Waals surface area contributed by atoms with E-state index >= 15 is 0 Å². The third-order valence-electron chi connectivity index (χ3n) is 3.33. The van der Waals surface area contributed by atoms with Crippen molar-refractivity contribution < 1.29 is 27.5 Å². The minimum absolute atomic E-state index is 0.0399. The second-order valence-corrected chi connectivity index (χ2v) is 8.21. The molecule has 9 nitrogen and oxygen atoms in total. The van der Waals surface area contributed by atoms with Crippen molar-refractivity contribution in [3.05, 3.63) is 28.8 Å². The molecular formula is C16H22ClN3O6S. The molecule has 0 heterocycles. The van der Waals surface area contributed by atoms with E-state index in [9.17, 15) is 22.8 Å². The van der Waals surface area contributed by atoms with Gasteiger partial charge < -0.3 is 10.1 Å². The molecule has 0 aliphatic carbocycles. The Hall–Kier alpha value is -2.17. The Balaban J connectivity index is 2.63. The zero-order valence-corrected chi connectivity index (χ0v) is 16.7. The fraction of sp³-hybridized carbons (Fsp3) is 0.438. The van der Waals surface area contributed by atoms with Gasteiger partial charge in [-0.05, 0) is 37.6 Å². The van der Waals surface area contributed by atoms with Crippen LogP contribution in [0.3, 0.4) is 0 Å². The van der Waals surface area contributed by atoms with Crippen molar-refractivity contribution in [2.75, 3.05) is 20.2 Å². The van der Waals surface area contributed by atoms with Gasteiger partial charge in [0.1, 0.15) is 0 Å². The summed E-state index contributed by atoms with van der Waals surface area (Å²) in [7, 11) is -2.56. The van der Waals surface area contributed by atoms with E-state index in [1.54, 1.807) is 0 Å². The summed E-state index contributed by atoms with van der Waals surface area (Å²) in [6.07, 6.45) is 0.751. The van der Waals surface area contributed by atoms with Crippen molar-refractivity contribution in [2.24, 2.45) is 5.92 Å². The zero-order chi connectivity index (χ0) is 20.6. The van der Waals surface area contributed by atoms with Crippen LogP contribution in [-0.4, -0.2) is 46.5 Å². The Morgan fingerprint density at radius 2 is 1.89 bits per heavy atom. The summed E-state index contributed by atoms with van der Waals surface area (Å²) in [5, 5.41) is 4.47. The Kier molecular flexibility index (Phi) is 8.67. The lowest BCUT2D eigenvalue weighted by molar-refractivity contribution is -0.123. The van der Waals surface area contributed by atoms with E-state index in [2.05, 4.69) is 10.0 Å². The molecule has 0 unspecified atom stereocenters. The fourth-order valence-electron chi connectivity index (χ4n) is 1.84. The highest BCUT2D eigenvalue weighted by Gasteiger charge is 2.19. The summed E-state index contributed by atoms with van der Waals surface area (Å²) in [6.45, 7) is 3.66. The number of amides is 3. The molecule has 0 atom stereocenters. The van der Waals surface area contributed by atoms with Crippen LogP contribution in [-0.2, 0) is 19.6 Å². The number of halogens is 1. The number of carbonyl (C=O) groups excluding carboxylic acids is 3. The molecule has 1 aromatic rings. The average Bonchev–Trinajstić information content (AvgIpc) is 2.59. The normalized spacial score (nSPS) is 11.1. The maximum atomic E-state index is 12.1. The van der Waals surface area contributed by atoms with Crippen molar-refractivity contribution in [2.45, 2.75) is 25.2 Å². The van der Waals surface area contributed by atoms with E-state index in [4.69, 9.17) is 16.3 Å². The molecule has 0 aliphatic rings. The number of benzene rings is 1. The first-order valence-corrected chi connectivity index (χ1v) is 9.90. The minimum atomic E-state index is -3.78. The van der Waals surface area contributed by atoms with Crippen molar-refractivity contribution >= 4 is 39.5 Å². The first kappa shape index (κ1) is 22.9. The number of ether oxygens (including phenoxy) is 1. The van der Waals surface area contributed by atoms with Gasteiger partial charge in [-0.3, -0.25) is 10.1 Å². The maximum absolute atomic E-state index is 12.1. The standard InChI is InChI=1S/C16H22ClN3O6S/c1-10(2)6-7-19-16(23)20-14(21)9-26-15(22)12-8-11(4-5-13(12)17)27(24,25)18-3/h4-5,8,10,18H,6-7,9H2,1-3H3,(H2,19,20,21,23). The van der Waals surface area contributed by atoms with Gasteiger partial charge in [-0.15, -0.1) is 0 Å². The van der Waals surface area contributed by atoms with Gasteiger partial charge in [-0.25, -0.2) is 22.7 Å². The number of hydrogen-bond acceptors (Lipinski definition) is 6. The number of nitrogens with one attached hydrogen (secondary N) is 3. The predicted molar refractivity (Wildman–Crippen MR) is 99.0 cm³/mol. The molecular weight excluding hydrogens is 398 g/mol. The van der Waals surface area contributed by atoms with Gasteiger partial charge in [0, 0.05) is 6.54 Å². The van der Waals surface area contributed by atoms with Crippen LogP contribution < -0.4 is 15.4 Å². The Morgan fingerprint density at radius 1 is 1.22 bits per heavy atom. The molecule has 150 valence electrons. The molecule has 3 amide bonds. The Labute approximate surface area is 162 Å². The molecule has 0 aromatic heterocycles. The van der Waals surface area contributed by atoms with Crippen LogP contribution in [0.25, 0.3) is 0 Å². The summed E-state index contributed by atoms with van der Waals surface area (Å²) >= 11 is 5.89. The number of carbonyl (C=O) groups is 3. The molecule has 0 bridgehead atoms. The number of sulfonamides is 1. The quantitative estimate of drug-likeness (QED) is 0.544. The monoisotopic (exact) mass is 419 g/mol. The largest absolute Gasteiger partial charge is 0.452 e. The maximum Gasteiger partial charge on any atom is 0.340 e. The topological polar surface area (TPSA) is 131 Å². The lowest BCUT2D eigenvalue weighted by Gasteiger charge is -2.10. The third-order valence-corrected chi connectivity index (χ3v) is 5.07. The number of imide groups is 1. The number of hydrogen-bond donors (Lipinski definition) is 3.